The monoisotopic (exact) mass is 900 g/mol. The van der Waals surface area contributed by atoms with Gasteiger partial charge in [-0.05, 0) is 112 Å². The van der Waals surface area contributed by atoms with E-state index < -0.39 is 0 Å². The average Bonchev–Trinajstić information content (AvgIpc) is 3.72. The third-order valence-electron chi connectivity index (χ3n) is 16.0. The van der Waals surface area contributed by atoms with Crippen molar-refractivity contribution in [2.24, 2.45) is 23.7 Å². The lowest BCUT2D eigenvalue weighted by Gasteiger charge is -2.61. The zero-order valence-electron chi connectivity index (χ0n) is 38.7. The van der Waals surface area contributed by atoms with Crippen LogP contribution in [0.5, 0.6) is 0 Å². The summed E-state index contributed by atoms with van der Waals surface area (Å²) in [5.74, 6) is 7.00. The third-order valence-corrected chi connectivity index (χ3v) is 16.0. The van der Waals surface area contributed by atoms with E-state index in [0.717, 1.165) is 45.2 Å². The highest BCUT2D eigenvalue weighted by atomic mass is 15.0. The van der Waals surface area contributed by atoms with Gasteiger partial charge in [-0.25, -0.2) is 29.9 Å². The van der Waals surface area contributed by atoms with Crippen LogP contribution in [0.1, 0.15) is 43.2 Å². The highest BCUT2D eigenvalue weighted by molar-refractivity contribution is 5.87. The van der Waals surface area contributed by atoms with Gasteiger partial charge >= 0.3 is 0 Å². The minimum atomic E-state index is 0.00308. The Bertz CT molecular complexity index is 3210. The zero-order valence-corrected chi connectivity index (χ0v) is 38.7. The summed E-state index contributed by atoms with van der Waals surface area (Å²) >= 11 is 0. The van der Waals surface area contributed by atoms with Gasteiger partial charge in [0.05, 0.1) is 0 Å². The Morgan fingerprint density at radius 3 is 0.814 bits per heavy atom. The van der Waals surface area contributed by atoms with E-state index in [9.17, 15) is 0 Å². The second-order valence-electron chi connectivity index (χ2n) is 19.9. The second-order valence-corrected chi connectivity index (χ2v) is 19.9. The van der Waals surface area contributed by atoms with E-state index in [4.69, 9.17) is 29.9 Å². The van der Waals surface area contributed by atoms with Gasteiger partial charge in [-0.15, -0.1) is 0 Å². The van der Waals surface area contributed by atoms with Gasteiger partial charge in [0, 0.05) is 38.8 Å². The van der Waals surface area contributed by atoms with Gasteiger partial charge < -0.3 is 0 Å². The summed E-state index contributed by atoms with van der Waals surface area (Å²) in [6, 6.07) is 73.1. The van der Waals surface area contributed by atoms with Crippen LogP contribution in [0.15, 0.2) is 206 Å². The molecule has 15 rings (SSSR count). The minimum absolute atomic E-state index is 0.00308. The summed E-state index contributed by atoms with van der Waals surface area (Å²) in [4.78, 5) is 29.9. The molecule has 0 saturated heterocycles. The SMILES string of the molecule is c1ccc(-c2nc(-c3ccccc3)nc(-c3ccc(-c4ccc5c(c4)C4(c6cc(-c7ccc(-c8nc(-c9ccccc9)nc(-c9ccccc9)n8)cc7)ccc6-5)C5CC6CC(C5)CC4C6)cc3)n2)cc1. The normalized spacial score (nSPS) is 19.0. The molecule has 4 fully saturated rings. The van der Waals surface area contributed by atoms with Crippen LogP contribution in [0, 0.1) is 23.7 Å². The third kappa shape index (κ3) is 6.84. The van der Waals surface area contributed by atoms with Gasteiger partial charge in [-0.2, -0.15) is 0 Å². The van der Waals surface area contributed by atoms with Crippen molar-refractivity contribution in [1.29, 1.82) is 0 Å². The maximum Gasteiger partial charge on any atom is 0.164 e. The number of nitrogens with zero attached hydrogens (tertiary/aromatic N) is 6. The van der Waals surface area contributed by atoms with E-state index in [1.54, 1.807) is 11.1 Å². The molecule has 5 aliphatic carbocycles. The first kappa shape index (κ1) is 40.8. The predicted molar refractivity (Wildman–Crippen MR) is 280 cm³/mol. The van der Waals surface area contributed by atoms with E-state index in [1.807, 2.05) is 72.8 Å². The van der Waals surface area contributed by atoms with Crippen LogP contribution >= 0.6 is 0 Å². The maximum atomic E-state index is 5.02. The number of fused-ring (bicyclic) bond motifs is 3. The van der Waals surface area contributed by atoms with E-state index in [-0.39, 0.29) is 5.41 Å². The van der Waals surface area contributed by atoms with Crippen molar-refractivity contribution in [2.75, 3.05) is 0 Å². The topological polar surface area (TPSA) is 77.3 Å². The van der Waals surface area contributed by atoms with Crippen LogP contribution in [0.2, 0.25) is 0 Å². The van der Waals surface area contributed by atoms with Crippen molar-refractivity contribution in [3.8, 4) is 102 Å². The summed E-state index contributed by atoms with van der Waals surface area (Å²) in [5.41, 5.74) is 16.6. The summed E-state index contributed by atoms with van der Waals surface area (Å²) in [6.45, 7) is 0. The molecule has 0 radical (unpaired) electrons. The standard InChI is InChI=1S/C64H48N6/c1-5-13-44(14-6-1)58-65-59(45-15-7-2-8-16-45)68-62(67-58)48-25-21-42(22-26-48)50-29-31-54-55-32-30-51(39-57(55)64(56(54)38-50)52-34-40-33-41(36-52)37-53(64)35-40)43-23-27-49(28-24-43)63-69-60(46-17-9-3-10-18-46)66-61(70-63)47-19-11-4-12-20-47/h1-32,38-41,52-53H,33-37H2. The van der Waals surface area contributed by atoms with Crippen LogP contribution in [0.3, 0.4) is 0 Å². The smallest absolute Gasteiger partial charge is 0.164 e. The lowest BCUT2D eigenvalue weighted by atomic mass is 9.43. The molecule has 4 saturated carbocycles. The maximum absolute atomic E-state index is 5.02. The number of benzene rings is 8. The molecule has 0 amide bonds. The van der Waals surface area contributed by atoms with Crippen molar-refractivity contribution >= 4 is 0 Å². The Kier molecular flexibility index (Phi) is 9.61. The summed E-state index contributed by atoms with van der Waals surface area (Å²) in [5, 5.41) is 0. The fourth-order valence-electron chi connectivity index (χ4n) is 13.1. The first-order chi connectivity index (χ1) is 34.6. The van der Waals surface area contributed by atoms with Gasteiger partial charge in [0.15, 0.2) is 34.9 Å². The Morgan fingerprint density at radius 2 is 0.514 bits per heavy atom. The van der Waals surface area contributed by atoms with E-state index in [1.165, 1.54) is 65.5 Å². The molecule has 0 unspecified atom stereocenters. The largest absolute Gasteiger partial charge is 0.208 e. The van der Waals surface area contributed by atoms with Crippen molar-refractivity contribution in [3.05, 3.63) is 217 Å². The zero-order chi connectivity index (χ0) is 46.2. The van der Waals surface area contributed by atoms with Crippen LogP contribution < -0.4 is 0 Å². The van der Waals surface area contributed by atoms with Crippen molar-refractivity contribution < 1.29 is 0 Å². The second kappa shape index (κ2) is 16.5. The minimum Gasteiger partial charge on any atom is -0.208 e. The van der Waals surface area contributed by atoms with Gasteiger partial charge in [-0.1, -0.05) is 194 Å². The highest BCUT2D eigenvalue weighted by Gasteiger charge is 2.61. The molecule has 1 spiro atoms. The summed E-state index contributed by atoms with van der Waals surface area (Å²) < 4.78 is 0. The summed E-state index contributed by atoms with van der Waals surface area (Å²) in [6.07, 6.45) is 6.73. The number of hydrogen-bond acceptors (Lipinski definition) is 6. The molecule has 2 heterocycles. The fraction of sp³-hybridized carbons (Fsp3) is 0.156. The van der Waals surface area contributed by atoms with E-state index in [0.29, 0.717) is 46.8 Å². The van der Waals surface area contributed by atoms with Crippen molar-refractivity contribution in [2.45, 2.75) is 37.5 Å². The molecule has 70 heavy (non-hydrogen) atoms. The molecular formula is C64H48N6. The molecular weight excluding hydrogens is 853 g/mol. The molecule has 5 aliphatic rings. The highest BCUT2D eigenvalue weighted by Crippen LogP contribution is 2.69. The predicted octanol–water partition coefficient (Wildman–Crippen LogP) is 15.1. The Balaban J connectivity index is 0.820. The first-order valence-electron chi connectivity index (χ1n) is 24.9. The molecule has 0 atom stereocenters. The van der Waals surface area contributed by atoms with Crippen LogP contribution in [-0.2, 0) is 5.41 Å². The molecule has 10 aromatic rings. The van der Waals surface area contributed by atoms with E-state index in [2.05, 4.69) is 133 Å². The number of aromatic nitrogens is 6. The Labute approximate surface area is 408 Å². The van der Waals surface area contributed by atoms with Crippen LogP contribution in [0.4, 0.5) is 0 Å². The molecule has 4 bridgehead atoms. The fourth-order valence-corrected chi connectivity index (χ4v) is 13.1. The van der Waals surface area contributed by atoms with Gasteiger partial charge in [0.2, 0.25) is 0 Å². The van der Waals surface area contributed by atoms with Gasteiger partial charge in [0.1, 0.15) is 0 Å². The Hall–Kier alpha value is -8.22. The van der Waals surface area contributed by atoms with Gasteiger partial charge in [0.25, 0.3) is 0 Å². The molecule has 6 heteroatoms. The molecule has 0 aliphatic heterocycles. The lowest BCUT2D eigenvalue weighted by Crippen LogP contribution is -2.55. The van der Waals surface area contributed by atoms with Gasteiger partial charge in [-0.3, -0.25) is 0 Å². The molecule has 2 aromatic heterocycles. The molecule has 8 aromatic carbocycles. The van der Waals surface area contributed by atoms with Crippen LogP contribution in [-0.4, -0.2) is 29.9 Å². The summed E-state index contributed by atoms with van der Waals surface area (Å²) in [7, 11) is 0. The lowest BCUT2D eigenvalue weighted by molar-refractivity contribution is -0.0399. The quantitative estimate of drug-likeness (QED) is 0.151. The van der Waals surface area contributed by atoms with Crippen molar-refractivity contribution in [3.63, 3.8) is 0 Å². The van der Waals surface area contributed by atoms with Crippen molar-refractivity contribution in [1.82, 2.24) is 29.9 Å². The number of hydrogen-bond donors (Lipinski definition) is 0. The number of rotatable bonds is 8. The van der Waals surface area contributed by atoms with Crippen LogP contribution in [0.25, 0.3) is 102 Å². The van der Waals surface area contributed by atoms with E-state index >= 15 is 0 Å². The molecule has 6 nitrogen and oxygen atoms in total. The molecule has 0 N–H and O–H groups in total. The molecule has 334 valence electrons. The Morgan fingerprint density at radius 1 is 0.257 bits per heavy atom. The average molecular weight is 901 g/mol. The first-order valence-corrected chi connectivity index (χ1v) is 24.9.